The van der Waals surface area contributed by atoms with Gasteiger partial charge in [0.05, 0.1) is 43.0 Å². The van der Waals surface area contributed by atoms with Crippen molar-refractivity contribution < 1.29 is 23.7 Å². The van der Waals surface area contributed by atoms with Gasteiger partial charge in [-0.15, -0.1) is 0 Å². The number of nitrogens with zero attached hydrogens (tertiary/aromatic N) is 5. The van der Waals surface area contributed by atoms with Gasteiger partial charge in [-0.05, 0) is 30.5 Å². The van der Waals surface area contributed by atoms with E-state index in [4.69, 9.17) is 35.3 Å². The van der Waals surface area contributed by atoms with Gasteiger partial charge >= 0.3 is 0 Å². The van der Waals surface area contributed by atoms with Crippen molar-refractivity contribution >= 4 is 34.0 Å². The number of nitrogens with one attached hydrogen (secondary N) is 1. The SMILES string of the molecule is COc1cc2c(Nc3c(Cl)cc(C#Cc4ncccn4)c4c3OCO4)ncnc2cc1OCCCN1CCOCC1. The number of rotatable bonds is 8. The molecule has 0 atom stereocenters. The molecule has 2 aliphatic heterocycles. The molecule has 1 fully saturated rings. The number of fused-ring (bicyclic) bond motifs is 2. The van der Waals surface area contributed by atoms with Gasteiger partial charge in [0, 0.05) is 43.5 Å². The summed E-state index contributed by atoms with van der Waals surface area (Å²) in [6.07, 6.45) is 5.63. The summed E-state index contributed by atoms with van der Waals surface area (Å²) in [7, 11) is 1.60. The second kappa shape index (κ2) is 12.4. The van der Waals surface area contributed by atoms with E-state index in [0.29, 0.717) is 63.0 Å². The van der Waals surface area contributed by atoms with Crippen LogP contribution in [0.25, 0.3) is 10.9 Å². The first kappa shape index (κ1) is 26.8. The van der Waals surface area contributed by atoms with Gasteiger partial charge < -0.3 is 29.0 Å². The minimum Gasteiger partial charge on any atom is -0.493 e. The number of methoxy groups -OCH3 is 1. The quantitative estimate of drug-likeness (QED) is 0.243. The Bertz CT molecular complexity index is 1600. The molecule has 1 N–H and O–H groups in total. The number of hydrogen-bond donors (Lipinski definition) is 1. The standard InChI is InChI=1S/C29H27ClN6O5/c1-37-23-15-20-22(16-24(23)39-11-3-8-36-9-12-38-13-10-36)33-17-34-29(20)35-26-21(30)14-19(27-28(26)41-18-40-27)4-5-25-31-6-2-7-32-25/h2,6-7,14-17H,3,8-13,18H2,1H3,(H,33,34,35). The lowest BCUT2D eigenvalue weighted by Crippen LogP contribution is -2.37. The van der Waals surface area contributed by atoms with E-state index >= 15 is 0 Å². The summed E-state index contributed by atoms with van der Waals surface area (Å²) >= 11 is 6.71. The molecule has 0 aliphatic carbocycles. The highest BCUT2D eigenvalue weighted by atomic mass is 35.5. The van der Waals surface area contributed by atoms with Crippen molar-refractivity contribution in [2.75, 3.05) is 58.7 Å². The van der Waals surface area contributed by atoms with Crippen LogP contribution in [0, 0.1) is 11.8 Å². The number of hydrogen-bond acceptors (Lipinski definition) is 11. The van der Waals surface area contributed by atoms with Crippen LogP contribution in [-0.4, -0.2) is 78.2 Å². The Balaban J connectivity index is 1.24. The molecule has 6 rings (SSSR count). The predicted molar refractivity (Wildman–Crippen MR) is 152 cm³/mol. The molecule has 12 heteroatoms. The maximum atomic E-state index is 6.71. The molecule has 4 aromatic rings. The fourth-order valence-corrected chi connectivity index (χ4v) is 4.82. The zero-order chi connectivity index (χ0) is 28.0. The van der Waals surface area contributed by atoms with E-state index < -0.39 is 0 Å². The van der Waals surface area contributed by atoms with E-state index in [0.717, 1.165) is 44.7 Å². The van der Waals surface area contributed by atoms with Gasteiger partial charge in [-0.25, -0.2) is 19.9 Å². The molecule has 41 heavy (non-hydrogen) atoms. The molecule has 0 spiro atoms. The highest BCUT2D eigenvalue weighted by Crippen LogP contribution is 2.47. The van der Waals surface area contributed by atoms with E-state index in [-0.39, 0.29) is 6.79 Å². The molecule has 0 unspecified atom stereocenters. The molecular weight excluding hydrogens is 548 g/mol. The van der Waals surface area contributed by atoms with Crippen molar-refractivity contribution in [2.45, 2.75) is 6.42 Å². The van der Waals surface area contributed by atoms with E-state index in [1.54, 1.807) is 31.6 Å². The van der Waals surface area contributed by atoms with Crippen LogP contribution in [0.15, 0.2) is 43.0 Å². The fourth-order valence-electron chi connectivity index (χ4n) is 4.58. The first-order valence-corrected chi connectivity index (χ1v) is 13.5. The highest BCUT2D eigenvalue weighted by Gasteiger charge is 2.25. The van der Waals surface area contributed by atoms with Gasteiger partial charge in [0.25, 0.3) is 0 Å². The third-order valence-corrected chi connectivity index (χ3v) is 6.91. The minimum absolute atomic E-state index is 0.0332. The van der Waals surface area contributed by atoms with Gasteiger partial charge in [-0.2, -0.15) is 0 Å². The van der Waals surface area contributed by atoms with Gasteiger partial charge in [0.15, 0.2) is 23.0 Å². The number of morpholine rings is 1. The lowest BCUT2D eigenvalue weighted by molar-refractivity contribution is 0.0357. The predicted octanol–water partition coefficient (Wildman–Crippen LogP) is 4.06. The second-order valence-electron chi connectivity index (χ2n) is 9.19. The average molecular weight is 575 g/mol. The van der Waals surface area contributed by atoms with Crippen LogP contribution in [0.5, 0.6) is 23.0 Å². The summed E-state index contributed by atoms with van der Waals surface area (Å²) in [4.78, 5) is 19.6. The van der Waals surface area contributed by atoms with Crippen LogP contribution in [0.1, 0.15) is 17.8 Å². The summed E-state index contributed by atoms with van der Waals surface area (Å²) in [5.74, 6) is 8.97. The Labute approximate surface area is 241 Å². The number of halogens is 1. The second-order valence-corrected chi connectivity index (χ2v) is 9.60. The van der Waals surface area contributed by atoms with Gasteiger partial charge in [-0.1, -0.05) is 17.5 Å². The van der Waals surface area contributed by atoms with Crippen LogP contribution >= 0.6 is 11.6 Å². The molecule has 0 bridgehead atoms. The molecule has 4 heterocycles. The van der Waals surface area contributed by atoms with Gasteiger partial charge in [0.2, 0.25) is 12.6 Å². The average Bonchev–Trinajstić information content (AvgIpc) is 3.51. The first-order valence-electron chi connectivity index (χ1n) is 13.1. The lowest BCUT2D eigenvalue weighted by atomic mass is 10.1. The highest BCUT2D eigenvalue weighted by molar-refractivity contribution is 6.34. The molecule has 2 aromatic carbocycles. The van der Waals surface area contributed by atoms with Crippen molar-refractivity contribution in [2.24, 2.45) is 0 Å². The number of ether oxygens (including phenoxy) is 5. The number of aromatic nitrogens is 4. The topological polar surface area (TPSA) is 113 Å². The lowest BCUT2D eigenvalue weighted by Gasteiger charge is -2.26. The fraction of sp³-hybridized carbons (Fsp3) is 0.310. The van der Waals surface area contributed by atoms with Crippen molar-refractivity contribution in [3.63, 3.8) is 0 Å². The first-order chi connectivity index (χ1) is 20.2. The minimum atomic E-state index is 0.0332. The van der Waals surface area contributed by atoms with E-state index in [1.807, 2.05) is 12.1 Å². The number of anilines is 2. The third-order valence-electron chi connectivity index (χ3n) is 6.61. The summed E-state index contributed by atoms with van der Waals surface area (Å²) in [5, 5.41) is 4.41. The van der Waals surface area contributed by atoms with Crippen LogP contribution < -0.4 is 24.3 Å². The zero-order valence-corrected chi connectivity index (χ0v) is 23.1. The van der Waals surface area contributed by atoms with Gasteiger partial charge in [0.1, 0.15) is 17.8 Å². The Morgan fingerprint density at radius 3 is 2.66 bits per heavy atom. The zero-order valence-electron chi connectivity index (χ0n) is 22.4. The molecule has 1 saturated heterocycles. The number of benzene rings is 2. The summed E-state index contributed by atoms with van der Waals surface area (Å²) in [5.41, 5.74) is 1.75. The largest absolute Gasteiger partial charge is 0.493 e. The molecule has 2 aliphatic rings. The molecule has 11 nitrogen and oxygen atoms in total. The Morgan fingerprint density at radius 2 is 1.83 bits per heavy atom. The van der Waals surface area contributed by atoms with Gasteiger partial charge in [-0.3, -0.25) is 4.90 Å². The molecule has 0 radical (unpaired) electrons. The van der Waals surface area contributed by atoms with Crippen molar-refractivity contribution in [3.8, 4) is 34.8 Å². The Morgan fingerprint density at radius 1 is 1.00 bits per heavy atom. The summed E-state index contributed by atoms with van der Waals surface area (Å²) in [6, 6.07) is 7.14. The monoisotopic (exact) mass is 574 g/mol. The van der Waals surface area contributed by atoms with Crippen molar-refractivity contribution in [3.05, 3.63) is 59.4 Å². The normalized spacial score (nSPS) is 14.4. The molecule has 2 aromatic heterocycles. The molecular formula is C29H27ClN6O5. The van der Waals surface area contributed by atoms with Crippen molar-refractivity contribution in [1.29, 1.82) is 0 Å². The smallest absolute Gasteiger partial charge is 0.231 e. The van der Waals surface area contributed by atoms with E-state index in [2.05, 4.69) is 42.0 Å². The maximum Gasteiger partial charge on any atom is 0.231 e. The van der Waals surface area contributed by atoms with Crippen molar-refractivity contribution in [1.82, 2.24) is 24.8 Å². The Kier molecular flexibility index (Phi) is 8.13. The summed E-state index contributed by atoms with van der Waals surface area (Å²) in [6.45, 7) is 5.02. The summed E-state index contributed by atoms with van der Waals surface area (Å²) < 4.78 is 28.7. The third kappa shape index (κ3) is 6.05. The van der Waals surface area contributed by atoms with Crippen LogP contribution in [0.4, 0.5) is 11.5 Å². The van der Waals surface area contributed by atoms with Crippen LogP contribution in [0.3, 0.4) is 0 Å². The van der Waals surface area contributed by atoms with Crippen LogP contribution in [0.2, 0.25) is 5.02 Å². The molecule has 210 valence electrons. The van der Waals surface area contributed by atoms with E-state index in [1.165, 1.54) is 6.33 Å². The van der Waals surface area contributed by atoms with Crippen LogP contribution in [-0.2, 0) is 4.74 Å². The Hall–Kier alpha value is -4.37. The molecule has 0 amide bonds. The maximum absolute atomic E-state index is 6.71. The van der Waals surface area contributed by atoms with E-state index in [9.17, 15) is 0 Å². The molecule has 0 saturated carbocycles.